The number of amides is 1. The summed E-state index contributed by atoms with van der Waals surface area (Å²) < 4.78 is 44.4. The molecule has 8 heteroatoms. The molecule has 0 spiro atoms. The fraction of sp³-hybridized carbons (Fsp3) is 0.250. The second-order valence-corrected chi connectivity index (χ2v) is 9.99. The second-order valence-electron chi connectivity index (χ2n) is 9.99. The molecule has 4 rings (SSSR count). The molecule has 1 amide bonds. The van der Waals surface area contributed by atoms with Gasteiger partial charge in [0.1, 0.15) is 5.76 Å². The molecule has 40 heavy (non-hydrogen) atoms. The first-order chi connectivity index (χ1) is 18.9. The van der Waals surface area contributed by atoms with Gasteiger partial charge in [-0.25, -0.2) is 0 Å². The van der Waals surface area contributed by atoms with Gasteiger partial charge < -0.3 is 14.4 Å². The minimum atomic E-state index is -4.61. The normalized spacial score (nSPS) is 11.4. The van der Waals surface area contributed by atoms with Gasteiger partial charge in [-0.1, -0.05) is 66.2 Å². The second kappa shape index (κ2) is 11.8. The predicted molar refractivity (Wildman–Crippen MR) is 146 cm³/mol. The molecule has 3 aromatic carbocycles. The van der Waals surface area contributed by atoms with E-state index in [1.54, 1.807) is 0 Å². The van der Waals surface area contributed by atoms with E-state index >= 15 is 0 Å². The number of furan rings is 1. The van der Waals surface area contributed by atoms with Crippen LogP contribution in [0.1, 0.15) is 56.1 Å². The number of carboxylic acids is 1. The summed E-state index contributed by atoms with van der Waals surface area (Å²) in [4.78, 5) is 26.2. The minimum Gasteiger partial charge on any atom is -0.481 e. The Morgan fingerprint density at radius 1 is 0.825 bits per heavy atom. The average molecular weight is 550 g/mol. The van der Waals surface area contributed by atoms with Gasteiger partial charge in [0.25, 0.3) is 5.91 Å². The number of carbonyl (C=O) groups is 2. The summed E-state index contributed by atoms with van der Waals surface area (Å²) in [5, 5.41) is 8.96. The van der Waals surface area contributed by atoms with Crippen LogP contribution in [0.15, 0.2) is 77.2 Å². The van der Waals surface area contributed by atoms with Crippen LogP contribution in [-0.2, 0) is 30.5 Å². The molecule has 0 aliphatic carbocycles. The highest BCUT2D eigenvalue weighted by Crippen LogP contribution is 2.31. The van der Waals surface area contributed by atoms with Crippen molar-refractivity contribution in [3.05, 3.63) is 118 Å². The van der Waals surface area contributed by atoms with Gasteiger partial charge in [-0.15, -0.1) is 0 Å². The largest absolute Gasteiger partial charge is 0.481 e. The third kappa shape index (κ3) is 7.00. The highest BCUT2D eigenvalue weighted by molar-refractivity contribution is 5.97. The van der Waals surface area contributed by atoms with Crippen molar-refractivity contribution in [2.45, 2.75) is 52.9 Å². The summed E-state index contributed by atoms with van der Waals surface area (Å²) >= 11 is 0. The van der Waals surface area contributed by atoms with Crippen LogP contribution >= 0.6 is 0 Å². The summed E-state index contributed by atoms with van der Waals surface area (Å²) in [5.74, 6) is -2.21. The van der Waals surface area contributed by atoms with E-state index in [2.05, 4.69) is 0 Å². The van der Waals surface area contributed by atoms with Crippen LogP contribution in [0.5, 0.6) is 0 Å². The number of carboxylic acid groups (broad SMARTS) is 1. The molecule has 0 saturated carbocycles. The molecule has 1 heterocycles. The molecule has 0 aliphatic rings. The van der Waals surface area contributed by atoms with Gasteiger partial charge >= 0.3 is 12.1 Å². The van der Waals surface area contributed by atoms with Crippen LogP contribution in [-0.4, -0.2) is 21.9 Å². The maximum atomic E-state index is 13.8. The number of benzene rings is 3. The van der Waals surface area contributed by atoms with Gasteiger partial charge in [0.05, 0.1) is 6.54 Å². The number of aryl methyl sites for hydroxylation is 4. The highest BCUT2D eigenvalue weighted by atomic mass is 19.4. The van der Waals surface area contributed by atoms with Crippen molar-refractivity contribution in [2.75, 3.05) is 0 Å². The standard InChI is InChI=1S/C32H30F3NO4/c1-20-15-21(2)30(22(3)16-20)31(39)36(19-27-12-13-28(40-27)32(33,34)35)18-24-7-10-25(11-8-24)26-6-4-5-23(17-26)9-14-29(37)38/h4-8,10-13,15-17H,9,14,18-19H2,1-3H3,(H,37,38). The molecule has 0 bridgehead atoms. The molecule has 1 N–H and O–H groups in total. The minimum absolute atomic E-state index is 0.0397. The van der Waals surface area contributed by atoms with Crippen LogP contribution in [0.25, 0.3) is 11.1 Å². The lowest BCUT2D eigenvalue weighted by Gasteiger charge is -2.24. The summed E-state index contributed by atoms with van der Waals surface area (Å²) in [7, 11) is 0. The van der Waals surface area contributed by atoms with Crippen LogP contribution in [0.3, 0.4) is 0 Å². The average Bonchev–Trinajstić information content (AvgIpc) is 3.36. The molecular formula is C32H30F3NO4. The molecule has 0 atom stereocenters. The van der Waals surface area contributed by atoms with Crippen LogP contribution < -0.4 is 0 Å². The molecule has 1 aromatic heterocycles. The Hall–Kier alpha value is -4.33. The first-order valence-corrected chi connectivity index (χ1v) is 12.8. The van der Waals surface area contributed by atoms with Crippen molar-refractivity contribution in [1.29, 1.82) is 0 Å². The Kier molecular flexibility index (Phi) is 8.47. The third-order valence-electron chi connectivity index (χ3n) is 6.68. The van der Waals surface area contributed by atoms with Gasteiger partial charge in [-0.3, -0.25) is 9.59 Å². The smallest absolute Gasteiger partial charge is 0.449 e. The van der Waals surface area contributed by atoms with Crippen molar-refractivity contribution in [3.63, 3.8) is 0 Å². The van der Waals surface area contributed by atoms with Gasteiger partial charge in [0.2, 0.25) is 5.76 Å². The molecule has 208 valence electrons. The summed E-state index contributed by atoms with van der Waals surface area (Å²) in [6, 6.07) is 21.2. The van der Waals surface area contributed by atoms with E-state index in [1.807, 2.05) is 81.4 Å². The number of hydrogen-bond acceptors (Lipinski definition) is 3. The highest BCUT2D eigenvalue weighted by Gasteiger charge is 2.35. The van der Waals surface area contributed by atoms with Crippen molar-refractivity contribution < 1.29 is 32.3 Å². The number of alkyl halides is 3. The monoisotopic (exact) mass is 549 g/mol. The molecule has 0 radical (unpaired) electrons. The Balaban J connectivity index is 1.60. The number of aliphatic carboxylic acids is 1. The van der Waals surface area contributed by atoms with Gasteiger partial charge in [0.15, 0.2) is 0 Å². The molecule has 0 saturated heterocycles. The zero-order valence-electron chi connectivity index (χ0n) is 22.5. The number of carbonyl (C=O) groups excluding carboxylic acids is 1. The van der Waals surface area contributed by atoms with Gasteiger partial charge in [-0.05, 0) is 72.7 Å². The van der Waals surface area contributed by atoms with Crippen molar-refractivity contribution in [1.82, 2.24) is 4.90 Å². The summed E-state index contributed by atoms with van der Waals surface area (Å²) in [6.07, 6.45) is -4.14. The number of rotatable bonds is 9. The zero-order chi connectivity index (χ0) is 29.0. The van der Waals surface area contributed by atoms with Gasteiger partial charge in [-0.2, -0.15) is 13.2 Å². The Morgan fingerprint density at radius 3 is 2.10 bits per heavy atom. The third-order valence-corrected chi connectivity index (χ3v) is 6.68. The lowest BCUT2D eigenvalue weighted by Crippen LogP contribution is -2.31. The number of halogens is 3. The van der Waals surface area contributed by atoms with E-state index in [0.717, 1.165) is 45.0 Å². The number of hydrogen-bond donors (Lipinski definition) is 1. The zero-order valence-corrected chi connectivity index (χ0v) is 22.5. The van der Waals surface area contributed by atoms with Gasteiger partial charge in [0, 0.05) is 18.5 Å². The van der Waals surface area contributed by atoms with Crippen molar-refractivity contribution in [2.24, 2.45) is 0 Å². The first-order valence-electron chi connectivity index (χ1n) is 12.8. The SMILES string of the molecule is Cc1cc(C)c(C(=O)N(Cc2ccc(-c3cccc(CCC(=O)O)c3)cc2)Cc2ccc(C(F)(F)F)o2)c(C)c1. The van der Waals surface area contributed by atoms with E-state index in [-0.39, 0.29) is 31.2 Å². The maximum Gasteiger partial charge on any atom is 0.449 e. The summed E-state index contributed by atoms with van der Waals surface area (Å²) in [5.41, 5.74) is 6.69. The predicted octanol–water partition coefficient (Wildman–Crippen LogP) is 7.75. The molecule has 0 unspecified atom stereocenters. The topological polar surface area (TPSA) is 70.8 Å². The van der Waals surface area contributed by atoms with Crippen molar-refractivity contribution >= 4 is 11.9 Å². The Morgan fingerprint density at radius 2 is 1.50 bits per heavy atom. The molecular weight excluding hydrogens is 519 g/mol. The van der Waals surface area contributed by atoms with E-state index in [9.17, 15) is 22.8 Å². The van der Waals surface area contributed by atoms with E-state index in [1.165, 1.54) is 11.0 Å². The lowest BCUT2D eigenvalue weighted by atomic mass is 9.98. The quantitative estimate of drug-likeness (QED) is 0.232. The molecule has 0 aliphatic heterocycles. The first kappa shape index (κ1) is 28.7. The van der Waals surface area contributed by atoms with E-state index < -0.39 is 17.9 Å². The van der Waals surface area contributed by atoms with E-state index in [4.69, 9.17) is 9.52 Å². The summed E-state index contributed by atoms with van der Waals surface area (Å²) in [6.45, 7) is 5.66. The van der Waals surface area contributed by atoms with Crippen molar-refractivity contribution in [3.8, 4) is 11.1 Å². The Labute approximate surface area is 230 Å². The lowest BCUT2D eigenvalue weighted by molar-refractivity contribution is -0.153. The fourth-order valence-electron chi connectivity index (χ4n) is 4.86. The van der Waals surface area contributed by atoms with E-state index in [0.29, 0.717) is 12.0 Å². The van der Waals surface area contributed by atoms with Crippen LogP contribution in [0.2, 0.25) is 0 Å². The Bertz CT molecular complexity index is 1500. The molecule has 0 fully saturated rings. The fourth-order valence-corrected chi connectivity index (χ4v) is 4.86. The number of nitrogens with zero attached hydrogens (tertiary/aromatic N) is 1. The van der Waals surface area contributed by atoms with Crippen LogP contribution in [0.4, 0.5) is 13.2 Å². The maximum absolute atomic E-state index is 13.8. The molecule has 5 nitrogen and oxygen atoms in total. The van der Waals surface area contributed by atoms with Crippen LogP contribution in [0, 0.1) is 20.8 Å². The molecule has 4 aromatic rings.